The molecule has 146 valence electrons. The first kappa shape index (κ1) is 22.0. The van der Waals surface area contributed by atoms with Gasteiger partial charge in [0.2, 0.25) is 0 Å². The number of hydrogen-bond acceptors (Lipinski definition) is 1. The molecule has 0 N–H and O–H groups in total. The lowest BCUT2D eigenvalue weighted by Gasteiger charge is -2.43. The van der Waals surface area contributed by atoms with E-state index in [4.69, 9.17) is 0 Å². The number of rotatable bonds is 5. The Labute approximate surface area is 138 Å². The Bertz CT molecular complexity index is 624. The normalized spacial score (nSPS) is 15.6. The molecule has 1 heterocycles. The summed E-state index contributed by atoms with van der Waals surface area (Å²) in [6, 6.07) is 1.18. The van der Waals surface area contributed by atoms with Gasteiger partial charge in [0, 0.05) is 4.88 Å². The third kappa shape index (κ3) is 2.80. The van der Waals surface area contributed by atoms with Crippen molar-refractivity contribution in [2.24, 2.45) is 0 Å². The van der Waals surface area contributed by atoms with Crippen LogP contribution in [0.5, 0.6) is 0 Å². The fraction of sp³-hybridized carbons (Fsp3) is 0.692. The summed E-state index contributed by atoms with van der Waals surface area (Å²) in [6.07, 6.45) is -7.15. The molecule has 1 rings (SSSR count). The van der Waals surface area contributed by atoms with Crippen molar-refractivity contribution < 1.29 is 48.3 Å². The van der Waals surface area contributed by atoms with E-state index in [0.717, 1.165) is 5.38 Å². The highest BCUT2D eigenvalue weighted by Crippen LogP contribution is 2.61. The van der Waals surface area contributed by atoms with E-state index in [2.05, 4.69) is 0 Å². The van der Waals surface area contributed by atoms with Gasteiger partial charge in [-0.25, -0.2) is 0 Å². The summed E-state index contributed by atoms with van der Waals surface area (Å²) in [4.78, 5) is -0.552. The summed E-state index contributed by atoms with van der Waals surface area (Å²) >= 11 is 0.455. The smallest absolute Gasteiger partial charge is 0.199 e. The van der Waals surface area contributed by atoms with E-state index in [9.17, 15) is 48.3 Å². The molecule has 0 aliphatic carbocycles. The Balaban J connectivity index is 3.57. The van der Waals surface area contributed by atoms with Gasteiger partial charge in [-0.2, -0.15) is 48.3 Å². The van der Waals surface area contributed by atoms with Crippen LogP contribution in [0.15, 0.2) is 11.4 Å². The first-order chi connectivity index (χ1) is 10.8. The molecule has 0 nitrogen and oxygen atoms in total. The fourth-order valence-electron chi connectivity index (χ4n) is 2.12. The van der Waals surface area contributed by atoms with Crippen molar-refractivity contribution in [2.75, 3.05) is 0 Å². The molecule has 0 unspecified atom stereocenters. The molecule has 0 radical (unpaired) electrons. The Hall–Kier alpha value is -1.07. The zero-order valence-corrected chi connectivity index (χ0v) is 13.5. The Morgan fingerprint density at radius 1 is 0.680 bits per heavy atom. The molecular formula is C13H11F11S. The Morgan fingerprint density at radius 3 is 1.40 bits per heavy atom. The van der Waals surface area contributed by atoms with Gasteiger partial charge < -0.3 is 0 Å². The lowest BCUT2D eigenvalue weighted by atomic mass is 9.76. The molecule has 0 fully saturated rings. The molecule has 0 aliphatic rings. The first-order valence-corrected chi connectivity index (χ1v) is 7.27. The second kappa shape index (κ2) is 5.71. The van der Waals surface area contributed by atoms with Crippen LogP contribution in [0.4, 0.5) is 48.3 Å². The molecule has 0 amide bonds. The molecule has 0 spiro atoms. The number of aryl methyl sites for hydroxylation is 1. The predicted molar refractivity (Wildman–Crippen MR) is 67.9 cm³/mol. The monoisotopic (exact) mass is 408 g/mol. The lowest BCUT2D eigenvalue weighted by Crippen LogP contribution is -2.69. The third-order valence-corrected chi connectivity index (χ3v) is 5.09. The van der Waals surface area contributed by atoms with Crippen molar-refractivity contribution in [1.82, 2.24) is 0 Å². The third-order valence-electron chi connectivity index (χ3n) is 3.75. The van der Waals surface area contributed by atoms with E-state index in [1.165, 1.54) is 13.0 Å². The second-order valence-electron chi connectivity index (χ2n) is 5.85. The van der Waals surface area contributed by atoms with Gasteiger partial charge in [-0.05, 0) is 37.8 Å². The van der Waals surface area contributed by atoms with Crippen molar-refractivity contribution in [3.8, 4) is 0 Å². The average molecular weight is 408 g/mol. The van der Waals surface area contributed by atoms with E-state index in [-0.39, 0.29) is 5.56 Å². The number of alkyl halides is 11. The standard InChI is InChI=1S/C13H11F11S/c1-6-4-5-25-7(6)8(2,3)9(14,15)10(16,17)11(18,19)12(20,21)13(22,23)24/h4-5H,1-3H3. The van der Waals surface area contributed by atoms with Crippen LogP contribution in [0, 0.1) is 6.92 Å². The van der Waals surface area contributed by atoms with Gasteiger partial charge in [-0.3, -0.25) is 0 Å². The zero-order chi connectivity index (χ0) is 20.3. The van der Waals surface area contributed by atoms with E-state index in [1.807, 2.05) is 0 Å². The summed E-state index contributed by atoms with van der Waals surface area (Å²) in [5, 5.41) is 1.16. The topological polar surface area (TPSA) is 0 Å². The molecule has 0 saturated heterocycles. The number of thiophene rings is 1. The van der Waals surface area contributed by atoms with Crippen molar-refractivity contribution in [1.29, 1.82) is 0 Å². The molecule has 12 heteroatoms. The molecular weight excluding hydrogens is 397 g/mol. The Kier molecular flexibility index (Phi) is 5.02. The van der Waals surface area contributed by atoms with Crippen LogP contribution < -0.4 is 0 Å². The Morgan fingerprint density at radius 2 is 1.08 bits per heavy atom. The van der Waals surface area contributed by atoms with Gasteiger partial charge >= 0.3 is 29.9 Å². The van der Waals surface area contributed by atoms with Crippen LogP contribution in [0.1, 0.15) is 24.3 Å². The highest BCUT2D eigenvalue weighted by Gasteiger charge is 2.88. The molecule has 0 aromatic carbocycles. The molecule has 1 aromatic rings. The minimum absolute atomic E-state index is 0.0311. The zero-order valence-electron chi connectivity index (χ0n) is 12.7. The van der Waals surface area contributed by atoms with Gasteiger partial charge in [0.25, 0.3) is 0 Å². The van der Waals surface area contributed by atoms with Crippen LogP contribution in [0.3, 0.4) is 0 Å². The summed E-state index contributed by atoms with van der Waals surface area (Å²) < 4.78 is 145. The number of hydrogen-bond donors (Lipinski definition) is 0. The molecule has 0 aliphatic heterocycles. The van der Waals surface area contributed by atoms with Crippen molar-refractivity contribution in [3.05, 3.63) is 21.9 Å². The van der Waals surface area contributed by atoms with Crippen molar-refractivity contribution in [3.63, 3.8) is 0 Å². The SMILES string of the molecule is Cc1ccsc1C(C)(C)C(F)(F)C(F)(F)C(F)(F)C(F)(F)C(F)(F)F. The van der Waals surface area contributed by atoms with E-state index >= 15 is 0 Å². The molecule has 0 atom stereocenters. The van der Waals surface area contributed by atoms with Gasteiger partial charge in [0.05, 0.1) is 5.41 Å². The second-order valence-corrected chi connectivity index (χ2v) is 6.77. The van der Waals surface area contributed by atoms with Crippen LogP contribution in [0.25, 0.3) is 0 Å². The minimum Gasteiger partial charge on any atom is -0.199 e. The quantitative estimate of drug-likeness (QED) is 0.492. The molecule has 0 saturated carbocycles. The van der Waals surface area contributed by atoms with Gasteiger partial charge in [0.1, 0.15) is 0 Å². The molecule has 25 heavy (non-hydrogen) atoms. The predicted octanol–water partition coefficient (Wildman–Crippen LogP) is 6.44. The van der Waals surface area contributed by atoms with Crippen LogP contribution in [-0.2, 0) is 5.41 Å². The van der Waals surface area contributed by atoms with E-state index in [1.54, 1.807) is 0 Å². The van der Waals surface area contributed by atoms with Gasteiger partial charge in [0.15, 0.2) is 0 Å². The van der Waals surface area contributed by atoms with Crippen molar-refractivity contribution in [2.45, 2.75) is 56.1 Å². The highest BCUT2D eigenvalue weighted by molar-refractivity contribution is 7.10. The van der Waals surface area contributed by atoms with Crippen molar-refractivity contribution >= 4 is 11.3 Å². The van der Waals surface area contributed by atoms with Crippen LogP contribution >= 0.6 is 11.3 Å². The molecule has 1 aromatic heterocycles. The summed E-state index contributed by atoms with van der Waals surface area (Å²) in [5.41, 5.74) is -3.18. The first-order valence-electron chi connectivity index (χ1n) is 6.39. The van der Waals surface area contributed by atoms with E-state index in [0.29, 0.717) is 25.2 Å². The maximum atomic E-state index is 14.2. The maximum absolute atomic E-state index is 14.2. The fourth-order valence-corrected chi connectivity index (χ4v) is 3.21. The minimum atomic E-state index is -7.38. The van der Waals surface area contributed by atoms with Gasteiger partial charge in [-0.15, -0.1) is 11.3 Å². The van der Waals surface area contributed by atoms with Crippen LogP contribution in [-0.4, -0.2) is 29.9 Å². The van der Waals surface area contributed by atoms with Crippen LogP contribution in [0.2, 0.25) is 0 Å². The number of halogens is 11. The lowest BCUT2D eigenvalue weighted by molar-refractivity contribution is -0.427. The average Bonchev–Trinajstić information content (AvgIpc) is 2.83. The largest absolute Gasteiger partial charge is 0.460 e. The summed E-state index contributed by atoms with van der Waals surface area (Å²) in [6.45, 7) is 1.90. The summed E-state index contributed by atoms with van der Waals surface area (Å²) in [7, 11) is 0. The molecule has 0 bridgehead atoms. The van der Waals surface area contributed by atoms with E-state index < -0.39 is 40.2 Å². The maximum Gasteiger partial charge on any atom is 0.460 e. The highest BCUT2D eigenvalue weighted by atomic mass is 32.1. The van der Waals surface area contributed by atoms with Gasteiger partial charge in [-0.1, -0.05) is 0 Å². The summed E-state index contributed by atoms with van der Waals surface area (Å²) in [5.74, 6) is -27.7.